The molecule has 2 rings (SSSR count). The Morgan fingerprint density at radius 3 is 2.85 bits per heavy atom. The van der Waals surface area contributed by atoms with Crippen LogP contribution >= 0.6 is 0 Å². The van der Waals surface area contributed by atoms with E-state index in [1.165, 1.54) is 0 Å². The second kappa shape index (κ2) is 5.93. The third kappa shape index (κ3) is 3.80. The van der Waals surface area contributed by atoms with E-state index in [1.807, 2.05) is 10.8 Å². The summed E-state index contributed by atoms with van der Waals surface area (Å²) in [6.07, 6.45) is 5.43. The van der Waals surface area contributed by atoms with Crippen molar-refractivity contribution in [3.8, 4) is 0 Å². The molecule has 0 bridgehead atoms. The zero-order valence-electron chi connectivity index (χ0n) is 12.3. The van der Waals surface area contributed by atoms with Crippen molar-refractivity contribution >= 4 is 5.91 Å². The molecule has 3 atom stereocenters. The van der Waals surface area contributed by atoms with Gasteiger partial charge in [0.25, 0.3) is 0 Å². The van der Waals surface area contributed by atoms with Crippen LogP contribution in [0, 0.1) is 5.41 Å². The van der Waals surface area contributed by atoms with Gasteiger partial charge in [-0.15, -0.1) is 0 Å². The maximum atomic E-state index is 12.3. The SMILES string of the molecule is CC(C)(C)C(Cn1ccnc1)NC(=O)C1CC(O)CN1. The number of carbonyl (C=O) groups excluding carboxylic acids is 1. The summed E-state index contributed by atoms with van der Waals surface area (Å²) < 4.78 is 1.97. The number of hydrogen-bond acceptors (Lipinski definition) is 4. The highest BCUT2D eigenvalue weighted by Gasteiger charge is 2.32. The number of carbonyl (C=O) groups is 1. The van der Waals surface area contributed by atoms with Gasteiger partial charge in [0.05, 0.1) is 24.5 Å². The number of β-amino-alcohol motifs (C(OH)–C–C–N with tert-alkyl or cyclic N) is 1. The molecule has 0 aromatic carbocycles. The molecule has 0 aliphatic carbocycles. The summed E-state index contributed by atoms with van der Waals surface area (Å²) in [5.41, 5.74) is -0.0584. The van der Waals surface area contributed by atoms with Crippen molar-refractivity contribution in [2.24, 2.45) is 5.41 Å². The van der Waals surface area contributed by atoms with Crippen LogP contribution in [-0.2, 0) is 11.3 Å². The van der Waals surface area contributed by atoms with Crippen LogP contribution in [0.25, 0.3) is 0 Å². The topological polar surface area (TPSA) is 79.2 Å². The summed E-state index contributed by atoms with van der Waals surface area (Å²) in [6, 6.07) is -0.290. The normalized spacial score (nSPS) is 24.6. The van der Waals surface area contributed by atoms with Gasteiger partial charge in [0.15, 0.2) is 0 Å². The molecule has 3 N–H and O–H groups in total. The van der Waals surface area contributed by atoms with E-state index >= 15 is 0 Å². The largest absolute Gasteiger partial charge is 0.392 e. The van der Waals surface area contributed by atoms with Crippen LogP contribution in [0.5, 0.6) is 0 Å². The van der Waals surface area contributed by atoms with E-state index in [9.17, 15) is 9.90 Å². The lowest BCUT2D eigenvalue weighted by Crippen LogP contribution is -2.51. The number of aliphatic hydroxyl groups is 1. The number of nitrogens with one attached hydrogen (secondary N) is 2. The van der Waals surface area contributed by atoms with E-state index in [0.29, 0.717) is 19.5 Å². The summed E-state index contributed by atoms with van der Waals surface area (Å²) in [5.74, 6) is -0.0402. The molecule has 6 heteroatoms. The van der Waals surface area contributed by atoms with Crippen molar-refractivity contribution in [1.29, 1.82) is 0 Å². The van der Waals surface area contributed by atoms with Crippen LogP contribution in [-0.4, -0.2) is 45.3 Å². The van der Waals surface area contributed by atoms with Crippen molar-refractivity contribution in [1.82, 2.24) is 20.2 Å². The fraction of sp³-hybridized carbons (Fsp3) is 0.714. The van der Waals surface area contributed by atoms with Crippen molar-refractivity contribution in [2.75, 3.05) is 6.54 Å². The number of aromatic nitrogens is 2. The highest BCUT2D eigenvalue weighted by molar-refractivity contribution is 5.82. The maximum Gasteiger partial charge on any atom is 0.237 e. The van der Waals surface area contributed by atoms with Crippen LogP contribution in [0.1, 0.15) is 27.2 Å². The van der Waals surface area contributed by atoms with E-state index in [4.69, 9.17) is 0 Å². The van der Waals surface area contributed by atoms with Crippen LogP contribution in [0.15, 0.2) is 18.7 Å². The number of amides is 1. The minimum absolute atomic E-state index is 0.00347. The average Bonchev–Trinajstić information content (AvgIpc) is 2.98. The van der Waals surface area contributed by atoms with E-state index < -0.39 is 6.10 Å². The zero-order chi connectivity index (χ0) is 14.8. The van der Waals surface area contributed by atoms with Gasteiger partial charge in [0.1, 0.15) is 0 Å². The molecule has 1 fully saturated rings. The molecule has 1 saturated heterocycles. The molecule has 0 spiro atoms. The fourth-order valence-electron chi connectivity index (χ4n) is 2.33. The maximum absolute atomic E-state index is 12.3. The van der Waals surface area contributed by atoms with Crippen molar-refractivity contribution in [3.63, 3.8) is 0 Å². The molecule has 20 heavy (non-hydrogen) atoms. The van der Waals surface area contributed by atoms with Gasteiger partial charge >= 0.3 is 0 Å². The Balaban J connectivity index is 1.99. The molecule has 6 nitrogen and oxygen atoms in total. The first-order valence-electron chi connectivity index (χ1n) is 7.04. The number of aliphatic hydroxyl groups excluding tert-OH is 1. The zero-order valence-corrected chi connectivity index (χ0v) is 12.3. The lowest BCUT2D eigenvalue weighted by molar-refractivity contribution is -0.124. The standard InChI is InChI=1S/C14H24N4O2/c1-14(2,3)12(8-18-5-4-15-9-18)17-13(20)11-6-10(19)7-16-11/h4-5,9-12,16,19H,6-8H2,1-3H3,(H,17,20). The molecular weight excluding hydrogens is 256 g/mol. The summed E-state index contributed by atoms with van der Waals surface area (Å²) in [6.45, 7) is 7.48. The van der Waals surface area contributed by atoms with Crippen LogP contribution in [0.3, 0.4) is 0 Å². The summed E-state index contributed by atoms with van der Waals surface area (Å²) >= 11 is 0. The number of rotatable bonds is 4. The van der Waals surface area contributed by atoms with Crippen LogP contribution < -0.4 is 10.6 Å². The first kappa shape index (κ1) is 15.0. The number of hydrogen-bond donors (Lipinski definition) is 3. The van der Waals surface area contributed by atoms with Crippen LogP contribution in [0.4, 0.5) is 0 Å². The highest BCUT2D eigenvalue weighted by atomic mass is 16.3. The molecule has 3 unspecified atom stereocenters. The first-order valence-corrected chi connectivity index (χ1v) is 7.04. The summed E-state index contributed by atoms with van der Waals surface area (Å²) in [5, 5.41) is 15.6. The third-order valence-electron chi connectivity index (χ3n) is 3.74. The summed E-state index contributed by atoms with van der Waals surface area (Å²) in [4.78, 5) is 16.3. The first-order chi connectivity index (χ1) is 9.36. The van der Waals surface area contributed by atoms with Crippen molar-refractivity contribution < 1.29 is 9.90 Å². The molecule has 1 aromatic heterocycles. The second-order valence-corrected chi connectivity index (χ2v) is 6.54. The van der Waals surface area contributed by atoms with Gasteiger partial charge < -0.3 is 20.3 Å². The lowest BCUT2D eigenvalue weighted by atomic mass is 9.86. The van der Waals surface area contributed by atoms with Gasteiger partial charge in [0.2, 0.25) is 5.91 Å². The van der Waals surface area contributed by atoms with Crippen LogP contribution in [0.2, 0.25) is 0 Å². The monoisotopic (exact) mass is 280 g/mol. The number of nitrogens with zero attached hydrogens (tertiary/aromatic N) is 2. The van der Waals surface area contributed by atoms with Gasteiger partial charge in [-0.2, -0.15) is 0 Å². The Morgan fingerprint density at radius 1 is 1.60 bits per heavy atom. The molecular formula is C14H24N4O2. The lowest BCUT2D eigenvalue weighted by Gasteiger charge is -2.32. The smallest absolute Gasteiger partial charge is 0.237 e. The Hall–Kier alpha value is -1.40. The molecule has 1 aliphatic rings. The Morgan fingerprint density at radius 2 is 2.35 bits per heavy atom. The molecule has 0 saturated carbocycles. The predicted molar refractivity (Wildman–Crippen MR) is 76.0 cm³/mol. The molecule has 1 amide bonds. The third-order valence-corrected chi connectivity index (χ3v) is 3.74. The van der Waals surface area contributed by atoms with E-state index in [0.717, 1.165) is 0 Å². The second-order valence-electron chi connectivity index (χ2n) is 6.54. The van der Waals surface area contributed by atoms with Gasteiger partial charge in [-0.3, -0.25) is 4.79 Å². The Labute approximate surface area is 119 Å². The molecule has 0 radical (unpaired) electrons. The molecule has 112 valence electrons. The van der Waals surface area contributed by atoms with Crippen molar-refractivity contribution in [3.05, 3.63) is 18.7 Å². The van der Waals surface area contributed by atoms with E-state index in [2.05, 4.69) is 36.4 Å². The minimum atomic E-state index is -0.424. The van der Waals surface area contributed by atoms with Gasteiger partial charge in [0, 0.05) is 25.5 Å². The highest BCUT2D eigenvalue weighted by Crippen LogP contribution is 2.21. The van der Waals surface area contributed by atoms with Gasteiger partial charge in [-0.1, -0.05) is 20.8 Å². The Bertz CT molecular complexity index is 439. The average molecular weight is 280 g/mol. The van der Waals surface area contributed by atoms with Gasteiger partial charge in [-0.25, -0.2) is 4.98 Å². The van der Waals surface area contributed by atoms with E-state index in [1.54, 1.807) is 12.5 Å². The Kier molecular flexibility index (Phi) is 4.45. The molecule has 1 aromatic rings. The summed E-state index contributed by atoms with van der Waals surface area (Å²) in [7, 11) is 0. The van der Waals surface area contributed by atoms with E-state index in [-0.39, 0.29) is 23.4 Å². The van der Waals surface area contributed by atoms with Crippen molar-refractivity contribution in [2.45, 2.75) is 51.9 Å². The molecule has 1 aliphatic heterocycles. The number of imidazole rings is 1. The predicted octanol–water partition coefficient (Wildman–Crippen LogP) is 0.137. The van der Waals surface area contributed by atoms with Gasteiger partial charge in [-0.05, 0) is 11.8 Å². The minimum Gasteiger partial charge on any atom is -0.392 e. The molecule has 2 heterocycles. The fourth-order valence-corrected chi connectivity index (χ4v) is 2.33. The quantitative estimate of drug-likeness (QED) is 0.733.